The first-order chi connectivity index (χ1) is 18.1. The van der Waals surface area contributed by atoms with Gasteiger partial charge in [-0.05, 0) is 44.2 Å². The van der Waals surface area contributed by atoms with Gasteiger partial charge in [0.05, 0.1) is 41.5 Å². The Labute approximate surface area is 229 Å². The number of amides is 2. The van der Waals surface area contributed by atoms with Crippen LogP contribution < -0.4 is 4.90 Å². The van der Waals surface area contributed by atoms with E-state index in [1.807, 2.05) is 20.8 Å². The van der Waals surface area contributed by atoms with Crippen molar-refractivity contribution in [3.05, 3.63) is 54.6 Å². The molecule has 0 aliphatic carbocycles. The third kappa shape index (κ3) is 4.17. The molecule has 2 amide bonds. The molecule has 3 unspecified atom stereocenters. The average molecular weight is 545 g/mol. The Kier molecular flexibility index (Phi) is 8.07. The zero-order valence-corrected chi connectivity index (χ0v) is 23.0. The fourth-order valence-corrected chi connectivity index (χ4v) is 6.95. The lowest BCUT2D eigenvalue weighted by Gasteiger charge is -2.39. The number of likely N-dealkylation sites (tertiary alicyclic amines) is 1. The zero-order chi connectivity index (χ0) is 27.8. The normalized spacial score (nSPS) is 32.1. The van der Waals surface area contributed by atoms with Crippen molar-refractivity contribution in [1.29, 1.82) is 0 Å². The maximum atomic E-state index is 14.5. The predicted molar refractivity (Wildman–Crippen MR) is 145 cm³/mol. The molecule has 0 radical (unpaired) electrons. The minimum absolute atomic E-state index is 0.124. The number of halogens is 1. The number of para-hydroxylation sites is 1. The summed E-state index contributed by atoms with van der Waals surface area (Å²) in [5, 5.41) is 10.6. The Hall–Kier alpha value is -2.68. The van der Waals surface area contributed by atoms with Gasteiger partial charge in [0.25, 0.3) is 5.91 Å². The van der Waals surface area contributed by atoms with Gasteiger partial charge < -0.3 is 24.4 Å². The summed E-state index contributed by atoms with van der Waals surface area (Å²) in [5.41, 5.74) is -1.76. The van der Waals surface area contributed by atoms with Crippen LogP contribution in [0, 0.1) is 17.8 Å². The Morgan fingerprint density at radius 2 is 2.05 bits per heavy atom. The van der Waals surface area contributed by atoms with Crippen LogP contribution in [0.15, 0.2) is 49.6 Å². The van der Waals surface area contributed by atoms with Crippen LogP contribution in [0.5, 0.6) is 0 Å². The number of hydrogen-bond donors (Lipinski definition) is 1. The summed E-state index contributed by atoms with van der Waals surface area (Å²) in [6.07, 6.45) is 4.57. The number of carbonyl (C=O) groups is 3. The molecular weight excluding hydrogens is 508 g/mol. The number of aliphatic hydroxyl groups is 1. The molecule has 1 N–H and O–H groups in total. The average Bonchev–Trinajstić information content (AvgIpc) is 3.41. The van der Waals surface area contributed by atoms with E-state index in [-0.39, 0.29) is 31.6 Å². The van der Waals surface area contributed by atoms with Gasteiger partial charge in [0, 0.05) is 6.54 Å². The Balaban J connectivity index is 1.85. The molecule has 3 aliphatic rings. The van der Waals surface area contributed by atoms with Crippen LogP contribution in [0.2, 0.25) is 5.02 Å². The molecule has 3 aliphatic heterocycles. The molecule has 3 heterocycles. The first kappa shape index (κ1) is 28.3. The third-order valence-corrected chi connectivity index (χ3v) is 8.92. The molecule has 9 heteroatoms. The van der Waals surface area contributed by atoms with Crippen LogP contribution in [0.3, 0.4) is 0 Å². The smallest absolute Gasteiger partial charge is 0.312 e. The predicted octanol–water partition coefficient (Wildman–Crippen LogP) is 3.76. The molecule has 0 saturated carbocycles. The fraction of sp³-hybridized carbons (Fsp3) is 0.552. The summed E-state index contributed by atoms with van der Waals surface area (Å²) in [5.74, 6) is -3.19. The van der Waals surface area contributed by atoms with Crippen LogP contribution in [0.4, 0.5) is 5.69 Å². The molecular formula is C29H37ClN2O6. The van der Waals surface area contributed by atoms with Gasteiger partial charge in [-0.3, -0.25) is 14.4 Å². The van der Waals surface area contributed by atoms with E-state index >= 15 is 0 Å². The van der Waals surface area contributed by atoms with Crippen LogP contribution in [-0.2, 0) is 23.9 Å². The highest BCUT2D eigenvalue weighted by molar-refractivity contribution is 6.34. The Morgan fingerprint density at radius 1 is 1.34 bits per heavy atom. The van der Waals surface area contributed by atoms with Crippen molar-refractivity contribution < 1.29 is 29.0 Å². The lowest BCUT2D eigenvalue weighted by Crippen LogP contribution is -2.59. The van der Waals surface area contributed by atoms with Crippen LogP contribution >= 0.6 is 11.6 Å². The number of esters is 1. The highest BCUT2D eigenvalue weighted by Gasteiger charge is 2.80. The summed E-state index contributed by atoms with van der Waals surface area (Å²) in [4.78, 5) is 45.2. The number of anilines is 1. The number of rotatable bonds is 11. The summed E-state index contributed by atoms with van der Waals surface area (Å²) in [7, 11) is 0. The topological polar surface area (TPSA) is 96.4 Å². The number of aliphatic hydroxyl groups excluding tert-OH is 1. The van der Waals surface area contributed by atoms with E-state index in [0.717, 1.165) is 0 Å². The Bertz CT molecular complexity index is 1120. The van der Waals surface area contributed by atoms with Crippen LogP contribution in [-0.4, -0.2) is 70.8 Å². The molecule has 2 bridgehead atoms. The lowest BCUT2D eigenvalue weighted by atomic mass is 9.62. The SMILES string of the molecule is C=CCCOC(=O)[C@@H]1[C@H]2C(=O)N([C@@H](CC)CO)C(C(=O)N(CC=C)c3ccccc3Cl)C23CC(C)[C@@]1(C)O3. The van der Waals surface area contributed by atoms with Crippen molar-refractivity contribution >= 4 is 35.1 Å². The van der Waals surface area contributed by atoms with E-state index < -0.39 is 47.0 Å². The number of fused-ring (bicyclic) bond motifs is 1. The minimum Gasteiger partial charge on any atom is -0.465 e. The van der Waals surface area contributed by atoms with Crippen molar-refractivity contribution in [2.75, 3.05) is 24.7 Å². The molecule has 1 aromatic carbocycles. The summed E-state index contributed by atoms with van der Waals surface area (Å²) in [6, 6.07) is 5.29. The quantitative estimate of drug-likeness (QED) is 0.259. The van der Waals surface area contributed by atoms with Gasteiger partial charge >= 0.3 is 5.97 Å². The van der Waals surface area contributed by atoms with Gasteiger partial charge in [-0.25, -0.2) is 0 Å². The maximum absolute atomic E-state index is 14.5. The van der Waals surface area contributed by atoms with Gasteiger partial charge in [0.1, 0.15) is 17.6 Å². The molecule has 7 atom stereocenters. The van der Waals surface area contributed by atoms with Crippen molar-refractivity contribution in [2.24, 2.45) is 17.8 Å². The standard InChI is InChI=1S/C29H37ClN2O6/c1-6-9-15-37-27(36)23-22-25(34)32(19(8-3)17-33)24(29(22)16-18(4)28(23,5)38-29)26(35)31(14-7-2)21-13-11-10-12-20(21)30/h6-7,10-13,18-19,22-24,33H,1-2,8-9,14-17H2,3-5H3/t18?,19-,22-,23-,24?,28+,29?/m0/s1. The maximum Gasteiger partial charge on any atom is 0.312 e. The number of nitrogens with zero attached hydrogens (tertiary/aromatic N) is 2. The second-order valence-electron chi connectivity index (χ2n) is 10.6. The highest BCUT2D eigenvalue weighted by Crippen LogP contribution is 2.65. The molecule has 0 aromatic heterocycles. The third-order valence-electron chi connectivity index (χ3n) is 8.60. The van der Waals surface area contributed by atoms with E-state index in [0.29, 0.717) is 30.0 Å². The van der Waals surface area contributed by atoms with Crippen molar-refractivity contribution in [1.82, 2.24) is 4.90 Å². The first-order valence-electron chi connectivity index (χ1n) is 13.2. The van der Waals surface area contributed by atoms with Crippen LogP contribution in [0.25, 0.3) is 0 Å². The van der Waals surface area contributed by atoms with Crippen LogP contribution in [0.1, 0.15) is 40.0 Å². The molecule has 3 fully saturated rings. The molecule has 4 rings (SSSR count). The Morgan fingerprint density at radius 3 is 2.66 bits per heavy atom. The number of carbonyl (C=O) groups excluding carboxylic acids is 3. The molecule has 1 spiro atoms. The molecule has 8 nitrogen and oxygen atoms in total. The largest absolute Gasteiger partial charge is 0.465 e. The van der Waals surface area contributed by atoms with Crippen molar-refractivity contribution in [3.63, 3.8) is 0 Å². The van der Waals surface area contributed by atoms with E-state index in [2.05, 4.69) is 13.2 Å². The fourth-order valence-electron chi connectivity index (χ4n) is 6.71. The van der Waals surface area contributed by atoms with E-state index in [1.54, 1.807) is 36.4 Å². The molecule has 1 aromatic rings. The molecule has 206 valence electrons. The zero-order valence-electron chi connectivity index (χ0n) is 22.3. The van der Waals surface area contributed by atoms with E-state index in [1.165, 1.54) is 9.80 Å². The van der Waals surface area contributed by atoms with Crippen molar-refractivity contribution in [3.8, 4) is 0 Å². The lowest BCUT2D eigenvalue weighted by molar-refractivity contribution is -0.162. The number of hydrogen-bond acceptors (Lipinski definition) is 6. The van der Waals surface area contributed by atoms with Gasteiger partial charge in [-0.2, -0.15) is 0 Å². The second kappa shape index (κ2) is 10.8. The number of benzene rings is 1. The van der Waals surface area contributed by atoms with Gasteiger partial charge in [-0.15, -0.1) is 13.2 Å². The number of ether oxygens (including phenoxy) is 2. The molecule has 38 heavy (non-hydrogen) atoms. The monoisotopic (exact) mass is 544 g/mol. The highest BCUT2D eigenvalue weighted by atomic mass is 35.5. The first-order valence-corrected chi connectivity index (χ1v) is 13.6. The minimum atomic E-state index is -1.26. The van der Waals surface area contributed by atoms with Gasteiger partial charge in [-0.1, -0.05) is 49.7 Å². The van der Waals surface area contributed by atoms with Crippen molar-refractivity contribution in [2.45, 2.75) is 63.3 Å². The summed E-state index contributed by atoms with van der Waals surface area (Å²) < 4.78 is 12.3. The summed E-state index contributed by atoms with van der Waals surface area (Å²) >= 11 is 6.50. The van der Waals surface area contributed by atoms with E-state index in [9.17, 15) is 19.5 Å². The van der Waals surface area contributed by atoms with Gasteiger partial charge in [0.2, 0.25) is 5.91 Å². The summed E-state index contributed by atoms with van der Waals surface area (Å²) in [6.45, 7) is 13.1. The molecule has 3 saturated heterocycles. The van der Waals surface area contributed by atoms with E-state index in [4.69, 9.17) is 21.1 Å². The second-order valence-corrected chi connectivity index (χ2v) is 11.0. The van der Waals surface area contributed by atoms with Gasteiger partial charge in [0.15, 0.2) is 0 Å².